The maximum Gasteiger partial charge on any atom is 0.168 e. The lowest BCUT2D eigenvalue weighted by atomic mass is 10.2. The van der Waals surface area contributed by atoms with Crippen LogP contribution in [0.1, 0.15) is 5.56 Å². The molecule has 3 N–H and O–H groups in total. The van der Waals surface area contributed by atoms with Crippen molar-refractivity contribution >= 4 is 28.7 Å². The van der Waals surface area contributed by atoms with E-state index in [-0.39, 0.29) is 0 Å². The number of anilines is 2. The molecule has 0 amide bonds. The Hall–Kier alpha value is -1.29. The number of nitrogens with one attached hydrogen (secondary N) is 1. The molecule has 0 aromatic heterocycles. The Bertz CT molecular complexity index is 347. The van der Waals surface area contributed by atoms with E-state index < -0.39 is 0 Å². The van der Waals surface area contributed by atoms with Crippen molar-refractivity contribution in [3.63, 3.8) is 0 Å². The summed E-state index contributed by atoms with van der Waals surface area (Å²) in [5.74, 6) is 0. The maximum atomic E-state index is 5.45. The zero-order chi connectivity index (χ0) is 10.7. The third kappa shape index (κ3) is 2.60. The smallest absolute Gasteiger partial charge is 0.168 e. The normalized spacial score (nSPS) is 9.64. The topological polar surface area (TPSA) is 41.3 Å². The van der Waals surface area contributed by atoms with Gasteiger partial charge in [-0.15, -0.1) is 0 Å². The van der Waals surface area contributed by atoms with Crippen LogP contribution in [0.3, 0.4) is 0 Å². The fraction of sp³-hybridized carbons (Fsp3) is 0.300. The van der Waals surface area contributed by atoms with Gasteiger partial charge in [-0.1, -0.05) is 6.07 Å². The van der Waals surface area contributed by atoms with Crippen molar-refractivity contribution in [2.24, 2.45) is 5.73 Å². The zero-order valence-electron chi connectivity index (χ0n) is 8.66. The standard InChI is InChI=1S/C10H15N3S/c1-7-4-5-9(13(2)3)8(6-7)12-10(11)14/h4-6H,1-3H3,(H3,11,12,14). The van der Waals surface area contributed by atoms with Gasteiger partial charge in [0, 0.05) is 14.1 Å². The van der Waals surface area contributed by atoms with Crippen LogP contribution in [0.15, 0.2) is 18.2 Å². The van der Waals surface area contributed by atoms with Crippen molar-refractivity contribution in [2.75, 3.05) is 24.3 Å². The van der Waals surface area contributed by atoms with Crippen LogP contribution in [0.2, 0.25) is 0 Å². The predicted molar refractivity (Wildman–Crippen MR) is 65.9 cm³/mol. The minimum absolute atomic E-state index is 0.290. The molecule has 0 unspecified atom stereocenters. The van der Waals surface area contributed by atoms with E-state index in [0.717, 1.165) is 11.4 Å². The molecular weight excluding hydrogens is 194 g/mol. The highest BCUT2D eigenvalue weighted by molar-refractivity contribution is 7.80. The summed E-state index contributed by atoms with van der Waals surface area (Å²) in [5, 5.41) is 3.25. The SMILES string of the molecule is Cc1ccc(N(C)C)c(NC(N)=S)c1. The van der Waals surface area contributed by atoms with Crippen molar-refractivity contribution in [3.8, 4) is 0 Å². The van der Waals surface area contributed by atoms with E-state index in [1.165, 1.54) is 5.56 Å². The van der Waals surface area contributed by atoms with Gasteiger partial charge in [0.1, 0.15) is 0 Å². The molecule has 76 valence electrons. The number of nitrogens with zero attached hydrogens (tertiary/aromatic N) is 1. The minimum atomic E-state index is 0.290. The summed E-state index contributed by atoms with van der Waals surface area (Å²) in [7, 11) is 3.96. The molecule has 1 rings (SSSR count). The third-order valence-corrected chi connectivity index (χ3v) is 1.99. The Kier molecular flexibility index (Phi) is 3.30. The molecule has 4 heteroatoms. The summed E-state index contributed by atoms with van der Waals surface area (Å²) >= 11 is 4.82. The minimum Gasteiger partial charge on any atom is -0.376 e. The Morgan fingerprint density at radius 3 is 2.57 bits per heavy atom. The molecule has 0 saturated heterocycles. The lowest BCUT2D eigenvalue weighted by Crippen LogP contribution is -2.21. The number of nitrogens with two attached hydrogens (primary N) is 1. The van der Waals surface area contributed by atoms with Crippen molar-refractivity contribution in [2.45, 2.75) is 6.92 Å². The van der Waals surface area contributed by atoms with Crippen LogP contribution in [-0.2, 0) is 0 Å². The molecule has 14 heavy (non-hydrogen) atoms. The molecule has 1 aromatic rings. The summed E-state index contributed by atoms with van der Waals surface area (Å²) in [4.78, 5) is 2.01. The molecule has 0 aliphatic heterocycles. The molecule has 0 bridgehead atoms. The Labute approximate surface area is 89.9 Å². The maximum absolute atomic E-state index is 5.45. The van der Waals surface area contributed by atoms with Gasteiger partial charge in [-0.05, 0) is 36.8 Å². The number of thiocarbonyl (C=S) groups is 1. The van der Waals surface area contributed by atoms with Crippen LogP contribution in [0.4, 0.5) is 11.4 Å². The average molecular weight is 209 g/mol. The molecule has 0 aliphatic rings. The largest absolute Gasteiger partial charge is 0.376 e. The van der Waals surface area contributed by atoms with Crippen molar-refractivity contribution in [3.05, 3.63) is 23.8 Å². The van der Waals surface area contributed by atoms with E-state index >= 15 is 0 Å². The lowest BCUT2D eigenvalue weighted by Gasteiger charge is -2.18. The first-order chi connectivity index (χ1) is 6.50. The second-order valence-corrected chi connectivity index (χ2v) is 3.84. The van der Waals surface area contributed by atoms with Gasteiger partial charge in [0.05, 0.1) is 11.4 Å². The molecule has 0 saturated carbocycles. The molecule has 0 fully saturated rings. The van der Waals surface area contributed by atoms with E-state index in [1.807, 2.05) is 38.1 Å². The molecule has 0 heterocycles. The van der Waals surface area contributed by atoms with Crippen molar-refractivity contribution < 1.29 is 0 Å². The van der Waals surface area contributed by atoms with Gasteiger partial charge in [0.25, 0.3) is 0 Å². The molecule has 1 aromatic carbocycles. The van der Waals surface area contributed by atoms with Gasteiger partial charge in [0.2, 0.25) is 0 Å². The fourth-order valence-electron chi connectivity index (χ4n) is 1.27. The van der Waals surface area contributed by atoms with E-state index in [1.54, 1.807) is 0 Å². The van der Waals surface area contributed by atoms with Crippen LogP contribution in [0.25, 0.3) is 0 Å². The number of hydrogen-bond donors (Lipinski definition) is 2. The van der Waals surface area contributed by atoms with Crippen molar-refractivity contribution in [1.82, 2.24) is 0 Å². The predicted octanol–water partition coefficient (Wildman–Crippen LogP) is 1.72. The summed E-state index contributed by atoms with van der Waals surface area (Å²) < 4.78 is 0. The average Bonchev–Trinajstić information content (AvgIpc) is 2.01. The Morgan fingerprint density at radius 2 is 2.07 bits per heavy atom. The van der Waals surface area contributed by atoms with E-state index in [4.69, 9.17) is 18.0 Å². The Balaban J connectivity index is 3.09. The van der Waals surface area contributed by atoms with Gasteiger partial charge < -0.3 is 16.0 Å². The van der Waals surface area contributed by atoms with Gasteiger partial charge in [0.15, 0.2) is 5.11 Å². The van der Waals surface area contributed by atoms with Crippen LogP contribution in [0, 0.1) is 6.92 Å². The quantitative estimate of drug-likeness (QED) is 0.728. The summed E-state index contributed by atoms with van der Waals surface area (Å²) in [6.07, 6.45) is 0. The summed E-state index contributed by atoms with van der Waals surface area (Å²) in [5.41, 5.74) is 8.64. The van der Waals surface area contributed by atoms with Gasteiger partial charge >= 0.3 is 0 Å². The van der Waals surface area contributed by atoms with Crippen LogP contribution in [0.5, 0.6) is 0 Å². The Morgan fingerprint density at radius 1 is 1.43 bits per heavy atom. The first kappa shape index (κ1) is 10.8. The lowest BCUT2D eigenvalue weighted by molar-refractivity contribution is 1.13. The monoisotopic (exact) mass is 209 g/mol. The summed E-state index contributed by atoms with van der Waals surface area (Å²) in [6.45, 7) is 2.03. The number of hydrogen-bond acceptors (Lipinski definition) is 2. The van der Waals surface area contributed by atoms with E-state index in [0.29, 0.717) is 5.11 Å². The number of rotatable bonds is 2. The van der Waals surface area contributed by atoms with E-state index in [9.17, 15) is 0 Å². The van der Waals surface area contributed by atoms with Gasteiger partial charge in [-0.25, -0.2) is 0 Å². The highest BCUT2D eigenvalue weighted by Gasteiger charge is 2.04. The third-order valence-electron chi connectivity index (χ3n) is 1.89. The fourth-order valence-corrected chi connectivity index (χ4v) is 1.38. The van der Waals surface area contributed by atoms with Crippen molar-refractivity contribution in [1.29, 1.82) is 0 Å². The number of aryl methyl sites for hydroxylation is 1. The number of benzene rings is 1. The van der Waals surface area contributed by atoms with Crippen LogP contribution in [-0.4, -0.2) is 19.2 Å². The molecule has 0 radical (unpaired) electrons. The van der Waals surface area contributed by atoms with Gasteiger partial charge in [-0.2, -0.15) is 0 Å². The van der Waals surface area contributed by atoms with Crippen LogP contribution >= 0.6 is 12.2 Å². The first-order valence-electron chi connectivity index (χ1n) is 4.35. The highest BCUT2D eigenvalue weighted by atomic mass is 32.1. The summed E-state index contributed by atoms with van der Waals surface area (Å²) in [6, 6.07) is 6.12. The molecule has 3 nitrogen and oxygen atoms in total. The van der Waals surface area contributed by atoms with Crippen LogP contribution < -0.4 is 16.0 Å². The first-order valence-corrected chi connectivity index (χ1v) is 4.76. The second-order valence-electron chi connectivity index (χ2n) is 3.40. The molecule has 0 atom stereocenters. The molecule has 0 aliphatic carbocycles. The molecular formula is C10H15N3S. The zero-order valence-corrected chi connectivity index (χ0v) is 9.48. The highest BCUT2D eigenvalue weighted by Crippen LogP contribution is 2.24. The molecule has 0 spiro atoms. The second kappa shape index (κ2) is 4.28. The van der Waals surface area contributed by atoms with Gasteiger partial charge in [-0.3, -0.25) is 0 Å². The van der Waals surface area contributed by atoms with E-state index in [2.05, 4.69) is 11.4 Å².